The third kappa shape index (κ3) is 4.41. The van der Waals surface area contributed by atoms with E-state index >= 15 is 0 Å². The summed E-state index contributed by atoms with van der Waals surface area (Å²) in [5.74, 6) is 0.131. The molecule has 148 valence electrons. The minimum Gasteiger partial charge on any atom is -0.489 e. The average Bonchev–Trinajstić information content (AvgIpc) is 3.21. The summed E-state index contributed by atoms with van der Waals surface area (Å²) in [5.41, 5.74) is 1.44. The molecule has 0 radical (unpaired) electrons. The minimum atomic E-state index is -0.396. The number of carbonyl (C=O) groups is 1. The Hall–Kier alpha value is -2.68. The highest BCUT2D eigenvalue weighted by atomic mass is 79.9. The van der Waals surface area contributed by atoms with Crippen LogP contribution in [0.1, 0.15) is 34.4 Å². The minimum absolute atomic E-state index is 0.0435. The molecule has 0 saturated carbocycles. The molecular weight excluding hydrogens is 431 g/mol. The van der Waals surface area contributed by atoms with E-state index in [1.807, 2.05) is 13.1 Å². The molecule has 1 aromatic carbocycles. The second-order valence-electron chi connectivity index (χ2n) is 6.25. The van der Waals surface area contributed by atoms with Crippen molar-refractivity contribution in [2.24, 2.45) is 0 Å². The molecule has 1 amide bonds. The molecule has 0 N–H and O–H groups in total. The van der Waals surface area contributed by atoms with Gasteiger partial charge in [0.1, 0.15) is 23.9 Å². The fourth-order valence-electron chi connectivity index (χ4n) is 2.62. The lowest BCUT2D eigenvalue weighted by Gasteiger charge is -2.15. The normalized spacial score (nSPS) is 10.9. The number of ether oxygens (including phenoxy) is 1. The molecule has 0 aliphatic rings. The van der Waals surface area contributed by atoms with Crippen LogP contribution in [0.2, 0.25) is 0 Å². The summed E-state index contributed by atoms with van der Waals surface area (Å²) < 4.78 is 26.7. The quantitative estimate of drug-likeness (QED) is 0.544. The summed E-state index contributed by atoms with van der Waals surface area (Å²) in [5, 5.41) is 8.32. The fraction of sp³-hybridized carbons (Fsp3) is 0.316. The standard InChI is InChI=1S/C19H20BrFN4O3/c1-4-25-9-16(20)17(22-25)10-24(3)19(26)18-15(12(2)28-23-18)11-27-14-7-5-6-13(21)8-14/h5-9H,4,10-11H2,1-3H3. The van der Waals surface area contributed by atoms with Crippen molar-refractivity contribution in [1.29, 1.82) is 0 Å². The number of nitrogens with zero attached hydrogens (tertiary/aromatic N) is 4. The van der Waals surface area contributed by atoms with Crippen LogP contribution in [-0.2, 0) is 19.7 Å². The first-order chi connectivity index (χ1) is 13.4. The first-order valence-corrected chi connectivity index (χ1v) is 9.49. The first kappa shape index (κ1) is 20.1. The summed E-state index contributed by atoms with van der Waals surface area (Å²) in [7, 11) is 1.67. The summed E-state index contributed by atoms with van der Waals surface area (Å²) in [6.07, 6.45) is 1.87. The Bertz CT molecular complexity index is 985. The molecule has 0 spiro atoms. The van der Waals surface area contributed by atoms with E-state index in [2.05, 4.69) is 26.2 Å². The van der Waals surface area contributed by atoms with Crippen LogP contribution in [0.15, 0.2) is 39.5 Å². The van der Waals surface area contributed by atoms with Crippen molar-refractivity contribution in [1.82, 2.24) is 19.8 Å². The number of halogens is 2. The molecule has 0 bridgehead atoms. The maximum Gasteiger partial charge on any atom is 0.276 e. The molecule has 9 heteroatoms. The molecule has 7 nitrogen and oxygen atoms in total. The summed E-state index contributed by atoms with van der Waals surface area (Å²) in [6, 6.07) is 5.80. The maximum atomic E-state index is 13.3. The number of aromatic nitrogens is 3. The monoisotopic (exact) mass is 450 g/mol. The van der Waals surface area contributed by atoms with Gasteiger partial charge in [-0.15, -0.1) is 0 Å². The largest absolute Gasteiger partial charge is 0.489 e. The topological polar surface area (TPSA) is 73.4 Å². The molecule has 3 aromatic rings. The smallest absolute Gasteiger partial charge is 0.276 e. The highest BCUT2D eigenvalue weighted by molar-refractivity contribution is 9.10. The van der Waals surface area contributed by atoms with Crippen molar-refractivity contribution in [3.05, 3.63) is 63.5 Å². The first-order valence-electron chi connectivity index (χ1n) is 8.69. The molecule has 0 aliphatic heterocycles. The van der Waals surface area contributed by atoms with Crippen LogP contribution in [0, 0.1) is 12.7 Å². The van der Waals surface area contributed by atoms with Gasteiger partial charge in [-0.1, -0.05) is 11.2 Å². The van der Waals surface area contributed by atoms with E-state index in [1.165, 1.54) is 17.0 Å². The molecule has 2 aromatic heterocycles. The number of hydrogen-bond donors (Lipinski definition) is 0. The van der Waals surface area contributed by atoms with Gasteiger partial charge in [-0.25, -0.2) is 4.39 Å². The second kappa shape index (κ2) is 8.55. The number of benzene rings is 1. The summed E-state index contributed by atoms with van der Waals surface area (Å²) in [4.78, 5) is 14.4. The van der Waals surface area contributed by atoms with Gasteiger partial charge in [0.25, 0.3) is 5.91 Å². The zero-order valence-electron chi connectivity index (χ0n) is 15.8. The Labute approximate surface area is 170 Å². The van der Waals surface area contributed by atoms with Crippen molar-refractivity contribution in [3.63, 3.8) is 0 Å². The Morgan fingerprint density at radius 2 is 2.21 bits per heavy atom. The Morgan fingerprint density at radius 1 is 1.43 bits per heavy atom. The average molecular weight is 451 g/mol. The van der Waals surface area contributed by atoms with E-state index in [0.717, 1.165) is 16.7 Å². The van der Waals surface area contributed by atoms with Crippen molar-refractivity contribution < 1.29 is 18.4 Å². The number of amides is 1. The number of rotatable bonds is 7. The van der Waals surface area contributed by atoms with Crippen LogP contribution in [0.3, 0.4) is 0 Å². The van der Waals surface area contributed by atoms with Gasteiger partial charge in [0, 0.05) is 25.9 Å². The zero-order chi connectivity index (χ0) is 20.3. The van der Waals surface area contributed by atoms with E-state index in [9.17, 15) is 9.18 Å². The van der Waals surface area contributed by atoms with E-state index < -0.39 is 5.82 Å². The summed E-state index contributed by atoms with van der Waals surface area (Å²) in [6.45, 7) is 4.78. The molecule has 0 fully saturated rings. The van der Waals surface area contributed by atoms with Gasteiger partial charge in [-0.3, -0.25) is 9.48 Å². The predicted molar refractivity (Wildman–Crippen MR) is 103 cm³/mol. The Balaban J connectivity index is 1.73. The highest BCUT2D eigenvalue weighted by Gasteiger charge is 2.24. The van der Waals surface area contributed by atoms with E-state index in [-0.39, 0.29) is 18.2 Å². The second-order valence-corrected chi connectivity index (χ2v) is 7.11. The van der Waals surface area contributed by atoms with Crippen molar-refractivity contribution in [2.45, 2.75) is 33.5 Å². The van der Waals surface area contributed by atoms with Gasteiger partial charge in [0.05, 0.1) is 22.3 Å². The Morgan fingerprint density at radius 3 is 2.89 bits per heavy atom. The lowest BCUT2D eigenvalue weighted by atomic mass is 10.2. The van der Waals surface area contributed by atoms with Gasteiger partial charge in [-0.05, 0) is 41.9 Å². The van der Waals surface area contributed by atoms with Gasteiger partial charge < -0.3 is 14.2 Å². The molecule has 0 saturated heterocycles. The SMILES string of the molecule is CCn1cc(Br)c(CN(C)C(=O)c2noc(C)c2COc2cccc(F)c2)n1. The van der Waals surface area contributed by atoms with E-state index in [0.29, 0.717) is 23.6 Å². The number of carbonyl (C=O) groups excluding carboxylic acids is 1. The molecular formula is C19H20BrFN4O3. The lowest BCUT2D eigenvalue weighted by Crippen LogP contribution is -2.28. The van der Waals surface area contributed by atoms with Crippen molar-refractivity contribution >= 4 is 21.8 Å². The number of aryl methyl sites for hydroxylation is 2. The summed E-state index contributed by atoms with van der Waals surface area (Å²) >= 11 is 3.46. The third-order valence-electron chi connectivity index (χ3n) is 4.21. The fourth-order valence-corrected chi connectivity index (χ4v) is 3.07. The van der Waals surface area contributed by atoms with Crippen LogP contribution in [-0.4, -0.2) is 32.8 Å². The van der Waals surface area contributed by atoms with Crippen molar-refractivity contribution in [2.75, 3.05) is 7.05 Å². The van der Waals surface area contributed by atoms with Gasteiger partial charge in [0.2, 0.25) is 0 Å². The van der Waals surface area contributed by atoms with Crippen LogP contribution >= 0.6 is 15.9 Å². The third-order valence-corrected chi connectivity index (χ3v) is 4.87. The molecule has 3 rings (SSSR count). The maximum absolute atomic E-state index is 13.3. The zero-order valence-corrected chi connectivity index (χ0v) is 17.4. The Kier molecular flexibility index (Phi) is 6.13. The molecule has 28 heavy (non-hydrogen) atoms. The van der Waals surface area contributed by atoms with Crippen LogP contribution < -0.4 is 4.74 Å². The van der Waals surface area contributed by atoms with E-state index in [4.69, 9.17) is 9.26 Å². The van der Waals surface area contributed by atoms with Gasteiger partial charge in [0.15, 0.2) is 5.69 Å². The van der Waals surface area contributed by atoms with Gasteiger partial charge in [-0.2, -0.15) is 5.10 Å². The highest BCUT2D eigenvalue weighted by Crippen LogP contribution is 2.21. The van der Waals surface area contributed by atoms with Crippen LogP contribution in [0.25, 0.3) is 0 Å². The molecule has 2 heterocycles. The van der Waals surface area contributed by atoms with Crippen LogP contribution in [0.4, 0.5) is 4.39 Å². The van der Waals surface area contributed by atoms with Crippen LogP contribution in [0.5, 0.6) is 5.75 Å². The van der Waals surface area contributed by atoms with Gasteiger partial charge >= 0.3 is 0 Å². The molecule has 0 aliphatic carbocycles. The number of hydrogen-bond acceptors (Lipinski definition) is 5. The van der Waals surface area contributed by atoms with E-state index in [1.54, 1.807) is 30.8 Å². The molecule has 0 unspecified atom stereocenters. The predicted octanol–water partition coefficient (Wildman–Crippen LogP) is 3.95. The van der Waals surface area contributed by atoms with Crippen molar-refractivity contribution in [3.8, 4) is 5.75 Å². The lowest BCUT2D eigenvalue weighted by molar-refractivity contribution is 0.0770. The molecule has 0 atom stereocenters.